The van der Waals surface area contributed by atoms with Crippen LogP contribution in [0.15, 0.2) is 23.3 Å². The molecule has 43 heavy (non-hydrogen) atoms. The van der Waals surface area contributed by atoms with Crippen LogP contribution in [0, 0.1) is 0 Å². The minimum absolute atomic E-state index is 0.0259. The SMILES string of the molecule is COc1cccc2c1C(=O)c1c(O)c3c(c(O)c1C2=O)C[C@@](O)(/C(C)=N\NS(C)(=O)=O)C[C@H]3O[C@H]1C[C@@H](N)[C@@H](O)[C@@H](C)O1. The Bertz CT molecular complexity index is 1650. The number of fused-ring (bicyclic) bond motifs is 3. The molecule has 0 aromatic heterocycles. The summed E-state index contributed by atoms with van der Waals surface area (Å²) in [7, 11) is -2.47. The second-order valence-electron chi connectivity index (χ2n) is 11.1. The van der Waals surface area contributed by atoms with Crippen LogP contribution < -0.4 is 15.3 Å². The zero-order chi connectivity index (χ0) is 31.6. The minimum atomic E-state index is -3.79. The predicted octanol–water partition coefficient (Wildman–Crippen LogP) is 0.365. The fraction of sp³-hybridized carbons (Fsp3) is 0.464. The molecule has 2 aromatic rings. The molecule has 0 saturated carbocycles. The number of aliphatic hydroxyl groups excluding tert-OH is 1. The number of carbonyl (C=O) groups is 2. The van der Waals surface area contributed by atoms with Crippen molar-refractivity contribution >= 4 is 27.3 Å². The van der Waals surface area contributed by atoms with E-state index < -0.39 is 86.9 Å². The number of carbonyl (C=O) groups excluding carboxylic acids is 2. The van der Waals surface area contributed by atoms with Crippen LogP contribution in [-0.2, 0) is 25.9 Å². The molecule has 0 spiro atoms. The topological polar surface area (TPSA) is 227 Å². The molecule has 1 aliphatic heterocycles. The van der Waals surface area contributed by atoms with Crippen molar-refractivity contribution < 1.29 is 52.6 Å². The Hall–Kier alpha value is -3.60. The van der Waals surface area contributed by atoms with E-state index in [9.17, 15) is 38.4 Å². The summed E-state index contributed by atoms with van der Waals surface area (Å²) in [5, 5.41) is 49.0. The minimum Gasteiger partial charge on any atom is -0.507 e. The maximum Gasteiger partial charge on any atom is 0.244 e. The van der Waals surface area contributed by atoms with Gasteiger partial charge in [-0.2, -0.15) is 5.10 Å². The molecule has 1 heterocycles. The molecule has 2 aliphatic carbocycles. The van der Waals surface area contributed by atoms with Gasteiger partial charge in [0, 0.05) is 42.0 Å². The highest BCUT2D eigenvalue weighted by Crippen LogP contribution is 2.52. The molecular weight excluding hydrogens is 586 g/mol. The van der Waals surface area contributed by atoms with Crippen LogP contribution in [-0.4, -0.2) is 89.6 Å². The first-order valence-corrected chi connectivity index (χ1v) is 15.3. The van der Waals surface area contributed by atoms with Gasteiger partial charge >= 0.3 is 0 Å². The predicted molar refractivity (Wildman–Crippen MR) is 151 cm³/mol. The van der Waals surface area contributed by atoms with Gasteiger partial charge < -0.3 is 40.4 Å². The van der Waals surface area contributed by atoms with Crippen molar-refractivity contribution in [2.45, 2.75) is 69.4 Å². The number of phenols is 2. The number of aromatic hydroxyl groups is 2. The average Bonchev–Trinajstić information content (AvgIpc) is 2.94. The quantitative estimate of drug-likeness (QED) is 0.125. The van der Waals surface area contributed by atoms with Gasteiger partial charge in [0.1, 0.15) is 22.8 Å². The van der Waals surface area contributed by atoms with E-state index >= 15 is 0 Å². The second-order valence-corrected chi connectivity index (χ2v) is 12.9. The lowest BCUT2D eigenvalue weighted by Gasteiger charge is -2.42. The number of benzene rings is 2. The molecule has 0 radical (unpaired) electrons. The third-order valence-electron chi connectivity index (χ3n) is 8.20. The maximum atomic E-state index is 13.8. The molecule has 1 fully saturated rings. The summed E-state index contributed by atoms with van der Waals surface area (Å²) in [5.41, 5.74) is 2.79. The van der Waals surface area contributed by atoms with Crippen LogP contribution in [0.25, 0.3) is 0 Å². The largest absolute Gasteiger partial charge is 0.507 e. The number of nitrogens with two attached hydrogens (primary N) is 1. The van der Waals surface area contributed by atoms with Crippen LogP contribution in [0.3, 0.4) is 0 Å². The van der Waals surface area contributed by atoms with Crippen molar-refractivity contribution in [3.63, 3.8) is 0 Å². The lowest BCUT2D eigenvalue weighted by Crippen LogP contribution is -2.52. The Labute approximate surface area is 247 Å². The highest BCUT2D eigenvalue weighted by Gasteiger charge is 2.49. The fourth-order valence-electron chi connectivity index (χ4n) is 5.92. The van der Waals surface area contributed by atoms with Gasteiger partial charge in [-0.25, -0.2) is 13.2 Å². The molecule has 232 valence electrons. The zero-order valence-corrected chi connectivity index (χ0v) is 24.6. The Morgan fingerprint density at radius 1 is 1.16 bits per heavy atom. The van der Waals surface area contributed by atoms with Crippen LogP contribution in [0.5, 0.6) is 17.2 Å². The van der Waals surface area contributed by atoms with Crippen LogP contribution in [0.4, 0.5) is 0 Å². The van der Waals surface area contributed by atoms with Gasteiger partial charge in [0.05, 0.1) is 54.1 Å². The molecule has 0 bridgehead atoms. The van der Waals surface area contributed by atoms with E-state index in [1.807, 2.05) is 4.83 Å². The lowest BCUT2D eigenvalue weighted by molar-refractivity contribution is -0.245. The molecule has 3 aliphatic rings. The summed E-state index contributed by atoms with van der Waals surface area (Å²) in [5.74, 6) is -2.71. The van der Waals surface area contributed by atoms with E-state index in [2.05, 4.69) is 5.10 Å². The number of methoxy groups -OCH3 is 1. The smallest absolute Gasteiger partial charge is 0.244 e. The van der Waals surface area contributed by atoms with Crippen LogP contribution in [0.1, 0.15) is 75.8 Å². The standard InChI is InChI=1S/C28H33N3O11S/c1-11-23(32)15(29)8-18(41-11)42-17-10-28(37,12(2)30-31-43(4,38)39)9-14-20(17)27(36)22-21(25(14)34)24(33)13-6-5-7-16(40-3)19(13)26(22)35/h5-7,11,15,17-18,23,31-32,34,36-37H,8-10,29H2,1-4H3/b30-12-/t11-,15-,17-,18+,23+,28+/m1/s1. The highest BCUT2D eigenvalue weighted by atomic mass is 32.2. The molecule has 14 nitrogen and oxygen atoms in total. The molecule has 0 amide bonds. The molecule has 7 N–H and O–H groups in total. The third-order valence-corrected chi connectivity index (χ3v) is 8.62. The number of hydrazone groups is 1. The second kappa shape index (κ2) is 10.8. The van der Waals surface area contributed by atoms with Crippen LogP contribution in [0.2, 0.25) is 0 Å². The molecule has 2 aromatic carbocycles. The normalized spacial score (nSPS) is 29.0. The molecule has 1 saturated heterocycles. The van der Waals surface area contributed by atoms with E-state index in [1.165, 1.54) is 32.2 Å². The van der Waals surface area contributed by atoms with Gasteiger partial charge in [-0.15, -0.1) is 0 Å². The number of nitrogens with one attached hydrogen (secondary N) is 1. The number of phenolic OH excluding ortho intramolecular Hbond substituents is 2. The van der Waals surface area contributed by atoms with E-state index in [4.69, 9.17) is 19.9 Å². The molecular formula is C28H33N3O11S. The van der Waals surface area contributed by atoms with Crippen molar-refractivity contribution in [1.82, 2.24) is 4.83 Å². The van der Waals surface area contributed by atoms with Gasteiger partial charge in [-0.3, -0.25) is 9.59 Å². The summed E-state index contributed by atoms with van der Waals surface area (Å²) < 4.78 is 40.6. The first kappa shape index (κ1) is 30.8. The summed E-state index contributed by atoms with van der Waals surface area (Å²) in [6.07, 6.45) is -3.89. The Morgan fingerprint density at radius 2 is 1.84 bits per heavy atom. The highest BCUT2D eigenvalue weighted by molar-refractivity contribution is 7.88. The first-order chi connectivity index (χ1) is 20.1. The zero-order valence-electron chi connectivity index (χ0n) is 23.8. The monoisotopic (exact) mass is 619 g/mol. The summed E-state index contributed by atoms with van der Waals surface area (Å²) in [6, 6.07) is 3.66. The fourth-order valence-corrected chi connectivity index (χ4v) is 6.22. The van der Waals surface area contributed by atoms with E-state index in [-0.39, 0.29) is 46.6 Å². The lowest BCUT2D eigenvalue weighted by atomic mass is 9.72. The Balaban J connectivity index is 1.69. The number of ether oxygens (including phenoxy) is 3. The summed E-state index contributed by atoms with van der Waals surface area (Å²) in [4.78, 5) is 29.4. The summed E-state index contributed by atoms with van der Waals surface area (Å²) in [6.45, 7) is 2.95. The van der Waals surface area contributed by atoms with Crippen molar-refractivity contribution in [1.29, 1.82) is 0 Å². The first-order valence-electron chi connectivity index (χ1n) is 13.4. The van der Waals surface area contributed by atoms with Gasteiger partial charge in [-0.05, 0) is 19.9 Å². The maximum absolute atomic E-state index is 13.8. The van der Waals surface area contributed by atoms with Crippen molar-refractivity contribution in [2.75, 3.05) is 13.4 Å². The van der Waals surface area contributed by atoms with Crippen LogP contribution >= 0.6 is 0 Å². The molecule has 6 atom stereocenters. The molecule has 0 unspecified atom stereocenters. The van der Waals surface area contributed by atoms with E-state index in [0.29, 0.717) is 0 Å². The number of hydrogen-bond acceptors (Lipinski definition) is 13. The van der Waals surface area contributed by atoms with Gasteiger partial charge in [0.15, 0.2) is 12.1 Å². The molecule has 5 rings (SSSR count). The van der Waals surface area contributed by atoms with Gasteiger partial charge in [-0.1, -0.05) is 12.1 Å². The Kier molecular flexibility index (Phi) is 7.77. The van der Waals surface area contributed by atoms with E-state index in [0.717, 1.165) is 6.26 Å². The molecule has 15 heteroatoms. The number of hydrogen-bond donors (Lipinski definition) is 6. The number of ketones is 2. The van der Waals surface area contributed by atoms with E-state index in [1.54, 1.807) is 6.92 Å². The number of nitrogens with zero attached hydrogens (tertiary/aromatic N) is 1. The third kappa shape index (κ3) is 5.25. The van der Waals surface area contributed by atoms with Crippen molar-refractivity contribution in [3.05, 3.63) is 51.6 Å². The number of sulfonamides is 1. The van der Waals surface area contributed by atoms with Crippen molar-refractivity contribution in [3.8, 4) is 17.2 Å². The van der Waals surface area contributed by atoms with Gasteiger partial charge in [0.25, 0.3) is 0 Å². The number of aliphatic hydroxyl groups is 2. The number of rotatable bonds is 6. The average molecular weight is 620 g/mol. The Morgan fingerprint density at radius 3 is 2.47 bits per heavy atom. The summed E-state index contributed by atoms with van der Waals surface area (Å²) >= 11 is 0. The van der Waals surface area contributed by atoms with Crippen molar-refractivity contribution in [2.24, 2.45) is 10.8 Å². The van der Waals surface area contributed by atoms with Gasteiger partial charge in [0.2, 0.25) is 15.8 Å².